The standard InChI is InChI=1S/C17H19FO/c1-11-7-12(2)9-14(8-11)17(4,19)16-10-15(18)6-5-13(16)3/h5-10,19H,1-4H3. The summed E-state index contributed by atoms with van der Waals surface area (Å²) in [5, 5.41) is 10.8. The minimum atomic E-state index is -1.19. The fraction of sp³-hybridized carbons (Fsp3) is 0.294. The van der Waals surface area contributed by atoms with Gasteiger partial charge >= 0.3 is 0 Å². The molecular formula is C17H19FO. The Morgan fingerprint density at radius 1 is 0.947 bits per heavy atom. The Labute approximate surface area is 113 Å². The number of aliphatic hydroxyl groups is 1. The summed E-state index contributed by atoms with van der Waals surface area (Å²) in [4.78, 5) is 0. The van der Waals surface area contributed by atoms with Crippen LogP contribution in [0.25, 0.3) is 0 Å². The molecule has 2 heteroatoms. The Kier molecular flexibility index (Phi) is 3.46. The Morgan fingerprint density at radius 3 is 2.11 bits per heavy atom. The lowest BCUT2D eigenvalue weighted by molar-refractivity contribution is 0.101. The van der Waals surface area contributed by atoms with E-state index < -0.39 is 5.60 Å². The van der Waals surface area contributed by atoms with Crippen LogP contribution in [0.5, 0.6) is 0 Å². The summed E-state index contributed by atoms with van der Waals surface area (Å²) in [7, 11) is 0. The van der Waals surface area contributed by atoms with E-state index in [1.54, 1.807) is 13.0 Å². The molecule has 100 valence electrons. The first-order chi connectivity index (χ1) is 8.80. The molecule has 0 aromatic heterocycles. The van der Waals surface area contributed by atoms with Crippen molar-refractivity contribution in [1.29, 1.82) is 0 Å². The molecule has 0 heterocycles. The van der Waals surface area contributed by atoms with Crippen molar-refractivity contribution in [2.45, 2.75) is 33.3 Å². The molecule has 2 aromatic carbocycles. The van der Waals surface area contributed by atoms with E-state index in [0.717, 1.165) is 22.3 Å². The minimum absolute atomic E-state index is 0.328. The quantitative estimate of drug-likeness (QED) is 0.863. The Balaban J connectivity index is 2.60. The van der Waals surface area contributed by atoms with Gasteiger partial charge in [-0.2, -0.15) is 0 Å². The summed E-state index contributed by atoms with van der Waals surface area (Å²) in [6, 6.07) is 10.5. The second kappa shape index (κ2) is 4.78. The van der Waals surface area contributed by atoms with Crippen LogP contribution in [0.4, 0.5) is 4.39 Å². The van der Waals surface area contributed by atoms with Gasteiger partial charge in [-0.15, -0.1) is 0 Å². The lowest BCUT2D eigenvalue weighted by Gasteiger charge is -2.27. The topological polar surface area (TPSA) is 20.2 Å². The predicted octanol–water partition coefficient (Wildman–Crippen LogP) is 4.01. The van der Waals surface area contributed by atoms with E-state index in [4.69, 9.17) is 0 Å². The molecule has 0 fully saturated rings. The zero-order chi connectivity index (χ0) is 14.2. The molecule has 0 aliphatic carbocycles. The summed E-state index contributed by atoms with van der Waals surface area (Å²) >= 11 is 0. The van der Waals surface area contributed by atoms with Crippen LogP contribution in [0, 0.1) is 26.6 Å². The van der Waals surface area contributed by atoms with Crippen LogP contribution in [-0.2, 0) is 5.60 Å². The van der Waals surface area contributed by atoms with E-state index in [-0.39, 0.29) is 5.82 Å². The SMILES string of the molecule is Cc1cc(C)cc(C(C)(O)c2cc(F)ccc2C)c1. The van der Waals surface area contributed by atoms with Crippen molar-refractivity contribution in [3.8, 4) is 0 Å². The third-order valence-corrected chi connectivity index (χ3v) is 3.51. The highest BCUT2D eigenvalue weighted by Crippen LogP contribution is 2.32. The largest absolute Gasteiger partial charge is 0.381 e. The number of hydrogen-bond acceptors (Lipinski definition) is 1. The van der Waals surface area contributed by atoms with Crippen molar-refractivity contribution in [1.82, 2.24) is 0 Å². The Hall–Kier alpha value is -1.67. The maximum absolute atomic E-state index is 13.4. The number of benzene rings is 2. The van der Waals surface area contributed by atoms with E-state index >= 15 is 0 Å². The molecule has 1 unspecified atom stereocenters. The van der Waals surface area contributed by atoms with Gasteiger partial charge in [0.1, 0.15) is 11.4 Å². The third-order valence-electron chi connectivity index (χ3n) is 3.51. The number of rotatable bonds is 2. The monoisotopic (exact) mass is 258 g/mol. The van der Waals surface area contributed by atoms with Crippen LogP contribution in [-0.4, -0.2) is 5.11 Å². The lowest BCUT2D eigenvalue weighted by Crippen LogP contribution is -2.24. The highest BCUT2D eigenvalue weighted by atomic mass is 19.1. The zero-order valence-electron chi connectivity index (χ0n) is 11.8. The molecule has 1 nitrogen and oxygen atoms in total. The molecule has 0 amide bonds. The second-order valence-electron chi connectivity index (χ2n) is 5.41. The van der Waals surface area contributed by atoms with E-state index in [2.05, 4.69) is 6.07 Å². The molecule has 0 radical (unpaired) electrons. The molecular weight excluding hydrogens is 239 g/mol. The number of hydrogen-bond donors (Lipinski definition) is 1. The maximum Gasteiger partial charge on any atom is 0.123 e. The van der Waals surface area contributed by atoms with Crippen LogP contribution in [0.2, 0.25) is 0 Å². The van der Waals surface area contributed by atoms with E-state index in [0.29, 0.717) is 5.56 Å². The normalized spacial score (nSPS) is 14.2. The molecule has 0 spiro atoms. The molecule has 0 aliphatic rings. The van der Waals surface area contributed by atoms with Crippen molar-refractivity contribution in [3.63, 3.8) is 0 Å². The summed E-state index contributed by atoms with van der Waals surface area (Å²) in [5.41, 5.74) is 3.26. The van der Waals surface area contributed by atoms with Gasteiger partial charge in [0, 0.05) is 0 Å². The molecule has 19 heavy (non-hydrogen) atoms. The Bertz CT molecular complexity index is 594. The van der Waals surface area contributed by atoms with Gasteiger partial charge in [0.25, 0.3) is 0 Å². The Morgan fingerprint density at radius 2 is 1.53 bits per heavy atom. The molecule has 0 saturated carbocycles. The van der Waals surface area contributed by atoms with Gasteiger partial charge in [-0.1, -0.05) is 35.4 Å². The molecule has 0 bridgehead atoms. The maximum atomic E-state index is 13.4. The molecule has 1 N–H and O–H groups in total. The van der Waals surface area contributed by atoms with E-state index in [1.807, 2.05) is 32.9 Å². The minimum Gasteiger partial charge on any atom is -0.381 e. The smallest absolute Gasteiger partial charge is 0.123 e. The van der Waals surface area contributed by atoms with Crippen molar-refractivity contribution in [3.05, 3.63) is 70.0 Å². The van der Waals surface area contributed by atoms with Crippen LogP contribution >= 0.6 is 0 Å². The van der Waals surface area contributed by atoms with Crippen molar-refractivity contribution >= 4 is 0 Å². The van der Waals surface area contributed by atoms with Gasteiger partial charge in [-0.05, 0) is 56.5 Å². The highest BCUT2D eigenvalue weighted by molar-refractivity contribution is 5.42. The molecule has 2 aromatic rings. The summed E-state index contributed by atoms with van der Waals surface area (Å²) in [6.07, 6.45) is 0. The summed E-state index contributed by atoms with van der Waals surface area (Å²) < 4.78 is 13.4. The molecule has 0 aliphatic heterocycles. The number of aryl methyl sites for hydroxylation is 3. The summed E-state index contributed by atoms with van der Waals surface area (Å²) in [5.74, 6) is -0.328. The average Bonchev–Trinajstić information content (AvgIpc) is 2.31. The first kappa shape index (κ1) is 13.8. The fourth-order valence-corrected chi connectivity index (χ4v) is 2.53. The molecule has 0 saturated heterocycles. The predicted molar refractivity (Wildman–Crippen MR) is 75.7 cm³/mol. The van der Waals surface area contributed by atoms with Crippen molar-refractivity contribution < 1.29 is 9.50 Å². The second-order valence-corrected chi connectivity index (χ2v) is 5.41. The van der Waals surface area contributed by atoms with Gasteiger partial charge in [0.15, 0.2) is 0 Å². The van der Waals surface area contributed by atoms with Crippen LogP contribution in [0.15, 0.2) is 36.4 Å². The van der Waals surface area contributed by atoms with Gasteiger partial charge in [-0.25, -0.2) is 4.39 Å². The van der Waals surface area contributed by atoms with Crippen LogP contribution in [0.3, 0.4) is 0 Å². The molecule has 2 rings (SSSR count). The highest BCUT2D eigenvalue weighted by Gasteiger charge is 2.28. The number of halogens is 1. The third kappa shape index (κ3) is 2.69. The average molecular weight is 258 g/mol. The fourth-order valence-electron chi connectivity index (χ4n) is 2.53. The summed E-state index contributed by atoms with van der Waals surface area (Å²) in [6.45, 7) is 7.57. The van der Waals surface area contributed by atoms with Crippen LogP contribution in [0.1, 0.15) is 34.7 Å². The van der Waals surface area contributed by atoms with Gasteiger partial charge in [0.2, 0.25) is 0 Å². The van der Waals surface area contributed by atoms with Gasteiger partial charge in [-0.3, -0.25) is 0 Å². The van der Waals surface area contributed by atoms with Crippen LogP contribution < -0.4 is 0 Å². The van der Waals surface area contributed by atoms with Gasteiger partial charge < -0.3 is 5.11 Å². The van der Waals surface area contributed by atoms with E-state index in [1.165, 1.54) is 12.1 Å². The first-order valence-corrected chi connectivity index (χ1v) is 6.38. The van der Waals surface area contributed by atoms with Crippen molar-refractivity contribution in [2.24, 2.45) is 0 Å². The van der Waals surface area contributed by atoms with E-state index in [9.17, 15) is 9.50 Å². The lowest BCUT2D eigenvalue weighted by atomic mass is 9.84. The van der Waals surface area contributed by atoms with Gasteiger partial charge in [0.05, 0.1) is 0 Å². The molecule has 1 atom stereocenters. The zero-order valence-corrected chi connectivity index (χ0v) is 11.8. The first-order valence-electron chi connectivity index (χ1n) is 6.38. The van der Waals surface area contributed by atoms with Crippen molar-refractivity contribution in [2.75, 3.05) is 0 Å².